The van der Waals surface area contributed by atoms with E-state index in [9.17, 15) is 0 Å². The zero-order chi connectivity index (χ0) is 12.0. The average Bonchev–Trinajstić information content (AvgIpc) is 2.76. The summed E-state index contributed by atoms with van der Waals surface area (Å²) in [5, 5.41) is 0. The molecular weight excluding hydrogens is 276 g/mol. The molecule has 0 saturated heterocycles. The molecule has 2 aliphatic carbocycles. The highest BCUT2D eigenvalue weighted by Crippen LogP contribution is 2.47. The number of fused-ring (bicyclic) bond motifs is 1. The molecule has 1 nitrogen and oxygen atoms in total. The molecule has 2 aliphatic rings. The second-order valence-corrected chi connectivity index (χ2v) is 7.02. The third kappa shape index (κ3) is 1.91. The molecule has 0 heterocycles. The summed E-state index contributed by atoms with van der Waals surface area (Å²) in [6.45, 7) is 4.54. The maximum absolute atomic E-state index is 6.13. The van der Waals surface area contributed by atoms with E-state index >= 15 is 0 Å². The van der Waals surface area contributed by atoms with E-state index in [1.807, 2.05) is 0 Å². The van der Waals surface area contributed by atoms with Crippen molar-refractivity contribution in [2.24, 2.45) is 5.41 Å². The van der Waals surface area contributed by atoms with Crippen LogP contribution in [0.2, 0.25) is 0 Å². The molecule has 2 atom stereocenters. The van der Waals surface area contributed by atoms with Gasteiger partial charge in [-0.2, -0.15) is 0 Å². The first kappa shape index (κ1) is 11.6. The molecule has 2 unspecified atom stereocenters. The van der Waals surface area contributed by atoms with Crippen LogP contribution in [0.5, 0.6) is 5.75 Å². The Balaban J connectivity index is 1.74. The molecule has 0 N–H and O–H groups in total. The van der Waals surface area contributed by atoms with Crippen LogP contribution in [0.4, 0.5) is 0 Å². The van der Waals surface area contributed by atoms with Crippen LogP contribution in [0, 0.1) is 5.41 Å². The minimum absolute atomic E-state index is 0.249. The lowest BCUT2D eigenvalue weighted by Gasteiger charge is -2.48. The van der Waals surface area contributed by atoms with Crippen molar-refractivity contribution in [2.75, 3.05) is 0 Å². The summed E-state index contributed by atoms with van der Waals surface area (Å²) in [5.74, 6) is 1.06. The Kier molecular flexibility index (Phi) is 2.73. The SMILES string of the molecule is CC1(C)C(Br)CC1Oc1ccc2c(c1)CCC2. The first-order valence-corrected chi connectivity index (χ1v) is 7.41. The van der Waals surface area contributed by atoms with Gasteiger partial charge in [0.05, 0.1) is 0 Å². The van der Waals surface area contributed by atoms with Crippen LogP contribution in [0.3, 0.4) is 0 Å². The van der Waals surface area contributed by atoms with Gasteiger partial charge in [-0.05, 0) is 48.9 Å². The zero-order valence-corrected chi connectivity index (χ0v) is 12.1. The molecule has 1 aromatic rings. The summed E-state index contributed by atoms with van der Waals surface area (Å²) in [6, 6.07) is 6.64. The van der Waals surface area contributed by atoms with Crippen molar-refractivity contribution in [3.05, 3.63) is 29.3 Å². The van der Waals surface area contributed by atoms with Crippen molar-refractivity contribution >= 4 is 15.9 Å². The summed E-state index contributed by atoms with van der Waals surface area (Å²) >= 11 is 3.71. The maximum Gasteiger partial charge on any atom is 0.120 e. The van der Waals surface area contributed by atoms with Crippen molar-refractivity contribution in [1.82, 2.24) is 0 Å². The molecule has 0 spiro atoms. The number of halogens is 1. The molecule has 0 radical (unpaired) electrons. The Morgan fingerprint density at radius 3 is 2.71 bits per heavy atom. The van der Waals surface area contributed by atoms with Crippen LogP contribution in [0.15, 0.2) is 18.2 Å². The van der Waals surface area contributed by atoms with E-state index in [-0.39, 0.29) is 5.41 Å². The summed E-state index contributed by atoms with van der Waals surface area (Å²) in [6.07, 6.45) is 5.24. The van der Waals surface area contributed by atoms with Gasteiger partial charge in [0.2, 0.25) is 0 Å². The van der Waals surface area contributed by atoms with Crippen molar-refractivity contribution in [3.8, 4) is 5.75 Å². The standard InChI is InChI=1S/C15H19BrO/c1-15(2)13(16)9-14(15)17-12-7-6-10-4-3-5-11(10)8-12/h6-8,13-14H,3-5,9H2,1-2H3. The van der Waals surface area contributed by atoms with E-state index in [2.05, 4.69) is 48.0 Å². The monoisotopic (exact) mass is 294 g/mol. The Labute approximate surface area is 112 Å². The number of rotatable bonds is 2. The predicted octanol–water partition coefficient (Wildman–Crippen LogP) is 4.12. The van der Waals surface area contributed by atoms with Crippen molar-refractivity contribution in [3.63, 3.8) is 0 Å². The van der Waals surface area contributed by atoms with Gasteiger partial charge in [-0.15, -0.1) is 0 Å². The van der Waals surface area contributed by atoms with Gasteiger partial charge in [0.1, 0.15) is 11.9 Å². The average molecular weight is 295 g/mol. The van der Waals surface area contributed by atoms with Gasteiger partial charge in [-0.25, -0.2) is 0 Å². The van der Waals surface area contributed by atoms with Gasteiger partial charge in [-0.1, -0.05) is 35.8 Å². The van der Waals surface area contributed by atoms with E-state index in [4.69, 9.17) is 4.74 Å². The molecular formula is C15H19BrO. The number of aryl methyl sites for hydroxylation is 2. The summed E-state index contributed by atoms with van der Waals surface area (Å²) in [5.41, 5.74) is 3.26. The minimum Gasteiger partial charge on any atom is -0.490 e. The van der Waals surface area contributed by atoms with Gasteiger partial charge in [0, 0.05) is 10.2 Å². The fourth-order valence-electron chi connectivity index (χ4n) is 2.82. The van der Waals surface area contributed by atoms with Crippen molar-refractivity contribution < 1.29 is 4.74 Å². The lowest BCUT2D eigenvalue weighted by atomic mass is 9.69. The summed E-state index contributed by atoms with van der Waals surface area (Å²) in [4.78, 5) is 0.592. The molecule has 1 aromatic carbocycles. The number of benzene rings is 1. The van der Waals surface area contributed by atoms with Gasteiger partial charge in [0.15, 0.2) is 0 Å². The van der Waals surface area contributed by atoms with E-state index in [0.717, 1.165) is 12.2 Å². The van der Waals surface area contributed by atoms with Gasteiger partial charge >= 0.3 is 0 Å². The Hall–Kier alpha value is -0.500. The van der Waals surface area contributed by atoms with Gasteiger partial charge < -0.3 is 4.74 Å². The third-order valence-corrected chi connectivity index (χ3v) is 5.96. The second-order valence-electron chi connectivity index (χ2n) is 5.92. The molecule has 92 valence electrons. The van der Waals surface area contributed by atoms with Gasteiger partial charge in [-0.3, -0.25) is 0 Å². The molecule has 2 heteroatoms. The largest absolute Gasteiger partial charge is 0.490 e. The topological polar surface area (TPSA) is 9.23 Å². The van der Waals surface area contributed by atoms with Crippen molar-refractivity contribution in [2.45, 2.75) is 50.5 Å². The molecule has 0 bridgehead atoms. The number of hydrogen-bond donors (Lipinski definition) is 0. The number of ether oxygens (including phenoxy) is 1. The minimum atomic E-state index is 0.249. The fourth-order valence-corrected chi connectivity index (χ4v) is 3.46. The lowest BCUT2D eigenvalue weighted by molar-refractivity contribution is -0.00783. The van der Waals surface area contributed by atoms with Gasteiger partial charge in [0.25, 0.3) is 0 Å². The van der Waals surface area contributed by atoms with Crippen LogP contribution in [0.25, 0.3) is 0 Å². The predicted molar refractivity (Wildman–Crippen MR) is 74.0 cm³/mol. The summed E-state index contributed by atoms with van der Waals surface area (Å²) < 4.78 is 6.13. The van der Waals surface area contributed by atoms with E-state index < -0.39 is 0 Å². The first-order chi connectivity index (χ1) is 8.07. The molecule has 0 amide bonds. The molecule has 3 rings (SSSR count). The Bertz CT molecular complexity index is 439. The molecule has 0 aromatic heterocycles. The smallest absolute Gasteiger partial charge is 0.120 e. The highest BCUT2D eigenvalue weighted by molar-refractivity contribution is 9.09. The van der Waals surface area contributed by atoms with Crippen LogP contribution in [-0.2, 0) is 12.8 Å². The zero-order valence-electron chi connectivity index (χ0n) is 10.5. The third-order valence-electron chi connectivity index (χ3n) is 4.41. The first-order valence-electron chi connectivity index (χ1n) is 6.50. The molecule has 1 saturated carbocycles. The van der Waals surface area contributed by atoms with Crippen molar-refractivity contribution in [1.29, 1.82) is 0 Å². The molecule has 0 aliphatic heterocycles. The second kappa shape index (κ2) is 4.01. The Morgan fingerprint density at radius 1 is 1.24 bits per heavy atom. The maximum atomic E-state index is 6.13. The van der Waals surface area contributed by atoms with E-state index in [1.54, 1.807) is 0 Å². The quantitative estimate of drug-likeness (QED) is 0.746. The summed E-state index contributed by atoms with van der Waals surface area (Å²) in [7, 11) is 0. The number of hydrogen-bond acceptors (Lipinski definition) is 1. The van der Waals surface area contributed by atoms with Crippen LogP contribution >= 0.6 is 15.9 Å². The Morgan fingerprint density at radius 2 is 2.00 bits per heavy atom. The number of alkyl halides is 1. The van der Waals surface area contributed by atoms with Crippen LogP contribution < -0.4 is 4.74 Å². The molecule has 17 heavy (non-hydrogen) atoms. The van der Waals surface area contributed by atoms with E-state index in [1.165, 1.54) is 30.4 Å². The molecule has 1 fully saturated rings. The lowest BCUT2D eigenvalue weighted by Crippen LogP contribution is -2.53. The normalized spacial score (nSPS) is 29.6. The van der Waals surface area contributed by atoms with Crippen LogP contribution in [-0.4, -0.2) is 10.9 Å². The highest BCUT2D eigenvalue weighted by Gasteiger charge is 2.48. The fraction of sp³-hybridized carbons (Fsp3) is 0.600. The van der Waals surface area contributed by atoms with Crippen LogP contribution in [0.1, 0.15) is 37.8 Å². The van der Waals surface area contributed by atoms with E-state index in [0.29, 0.717) is 10.9 Å². The highest BCUT2D eigenvalue weighted by atomic mass is 79.9.